The summed E-state index contributed by atoms with van der Waals surface area (Å²) >= 11 is 6.13. The van der Waals surface area contributed by atoms with Crippen LogP contribution in [0.25, 0.3) is 11.0 Å². The highest BCUT2D eigenvalue weighted by Gasteiger charge is 2.60. The number of rotatable bonds is 5. The fourth-order valence-electron chi connectivity index (χ4n) is 5.28. The molecule has 3 fully saturated rings. The van der Waals surface area contributed by atoms with Gasteiger partial charge in [0.25, 0.3) is 5.91 Å². The van der Waals surface area contributed by atoms with Crippen LogP contribution in [-0.4, -0.2) is 35.6 Å². The Kier molecular flexibility index (Phi) is 4.43. The number of halogens is 1. The van der Waals surface area contributed by atoms with Gasteiger partial charge in [-0.1, -0.05) is 18.0 Å². The van der Waals surface area contributed by atoms with Crippen molar-refractivity contribution in [3.8, 4) is 11.5 Å². The number of imidazole rings is 1. The highest BCUT2D eigenvalue weighted by molar-refractivity contribution is 6.31. The van der Waals surface area contributed by atoms with Gasteiger partial charge in [0.2, 0.25) is 0 Å². The number of aromatic nitrogens is 2. The van der Waals surface area contributed by atoms with E-state index in [2.05, 4.69) is 10.3 Å². The number of hydrogen-bond donors (Lipinski definition) is 2. The SMILES string of the molecule is COc1cc(OC)cc(C(=O)NC23CCCC(c4nc5ccc(Cl)cc5[nH]4)(C2)C3)c1. The number of carbonyl (C=O) groups excluding carboxylic acids is 1. The smallest absolute Gasteiger partial charge is 0.251 e. The second kappa shape index (κ2) is 6.91. The van der Waals surface area contributed by atoms with Crippen molar-refractivity contribution < 1.29 is 14.3 Å². The summed E-state index contributed by atoms with van der Waals surface area (Å²) in [5.41, 5.74) is 2.23. The highest BCUT2D eigenvalue weighted by atomic mass is 35.5. The van der Waals surface area contributed by atoms with E-state index in [1.54, 1.807) is 32.4 Å². The molecule has 1 heterocycles. The van der Waals surface area contributed by atoms with Gasteiger partial charge in [0, 0.05) is 27.6 Å². The number of carbonyl (C=O) groups is 1. The van der Waals surface area contributed by atoms with Gasteiger partial charge in [0.15, 0.2) is 0 Å². The van der Waals surface area contributed by atoms with E-state index in [0.29, 0.717) is 22.1 Å². The second-order valence-electron chi connectivity index (χ2n) is 8.57. The monoisotopic (exact) mass is 425 g/mol. The van der Waals surface area contributed by atoms with Crippen molar-refractivity contribution in [3.63, 3.8) is 0 Å². The number of hydrogen-bond acceptors (Lipinski definition) is 4. The first-order valence-electron chi connectivity index (χ1n) is 10.2. The summed E-state index contributed by atoms with van der Waals surface area (Å²) in [5.74, 6) is 2.11. The van der Waals surface area contributed by atoms with Gasteiger partial charge >= 0.3 is 0 Å². The van der Waals surface area contributed by atoms with Crippen LogP contribution in [-0.2, 0) is 5.41 Å². The molecule has 3 aliphatic carbocycles. The van der Waals surface area contributed by atoms with Crippen molar-refractivity contribution in [1.29, 1.82) is 0 Å². The Labute approximate surface area is 179 Å². The summed E-state index contributed by atoms with van der Waals surface area (Å²) in [6.07, 6.45) is 4.89. The van der Waals surface area contributed by atoms with Crippen LogP contribution < -0.4 is 14.8 Å². The van der Waals surface area contributed by atoms with Crippen LogP contribution in [0, 0.1) is 0 Å². The van der Waals surface area contributed by atoms with Gasteiger partial charge in [-0.05, 0) is 56.0 Å². The van der Waals surface area contributed by atoms with Gasteiger partial charge in [0.05, 0.1) is 25.3 Å². The Morgan fingerprint density at radius 3 is 2.53 bits per heavy atom. The first-order chi connectivity index (χ1) is 14.4. The van der Waals surface area contributed by atoms with Crippen molar-refractivity contribution in [1.82, 2.24) is 15.3 Å². The number of nitrogens with one attached hydrogen (secondary N) is 2. The predicted molar refractivity (Wildman–Crippen MR) is 116 cm³/mol. The molecule has 0 aliphatic heterocycles. The number of benzene rings is 2. The summed E-state index contributed by atoms with van der Waals surface area (Å²) in [6.45, 7) is 0. The summed E-state index contributed by atoms with van der Waals surface area (Å²) in [5, 5.41) is 4.00. The van der Waals surface area contributed by atoms with Crippen molar-refractivity contribution >= 4 is 28.5 Å². The third-order valence-corrected chi connectivity index (χ3v) is 6.84. The van der Waals surface area contributed by atoms with Crippen LogP contribution in [0.4, 0.5) is 0 Å². The highest BCUT2D eigenvalue weighted by Crippen LogP contribution is 2.58. The number of fused-ring (bicyclic) bond motifs is 3. The Balaban J connectivity index is 1.37. The number of ether oxygens (including phenoxy) is 2. The summed E-state index contributed by atoms with van der Waals surface area (Å²) in [4.78, 5) is 21.4. The predicted octanol–water partition coefficient (Wildman–Crippen LogP) is 4.62. The lowest BCUT2D eigenvalue weighted by Crippen LogP contribution is -2.66. The topological polar surface area (TPSA) is 76.2 Å². The third kappa shape index (κ3) is 3.10. The zero-order valence-corrected chi connectivity index (χ0v) is 17.8. The van der Waals surface area contributed by atoms with E-state index in [-0.39, 0.29) is 16.9 Å². The van der Waals surface area contributed by atoms with E-state index in [1.165, 1.54) is 0 Å². The third-order valence-electron chi connectivity index (χ3n) is 6.60. The zero-order valence-electron chi connectivity index (χ0n) is 17.0. The minimum atomic E-state index is -0.192. The Morgan fingerprint density at radius 1 is 1.10 bits per heavy atom. The number of aromatic amines is 1. The standard InChI is InChI=1S/C23H24ClN3O3/c1-29-16-8-14(9-17(11-16)30-2)20(28)27-23-7-3-6-22(12-23,13-23)21-25-18-5-4-15(24)10-19(18)26-21/h4-5,8-11H,3,6-7,12-13H2,1-2H3,(H,25,26)(H,27,28). The lowest BCUT2D eigenvalue weighted by Gasteiger charge is -2.60. The van der Waals surface area contributed by atoms with Gasteiger partial charge in [0.1, 0.15) is 17.3 Å². The molecule has 0 atom stereocenters. The van der Waals surface area contributed by atoms with E-state index < -0.39 is 0 Å². The lowest BCUT2D eigenvalue weighted by atomic mass is 9.49. The molecule has 1 amide bonds. The average Bonchev–Trinajstić information content (AvgIpc) is 3.16. The normalized spacial score (nSPS) is 24.9. The maximum Gasteiger partial charge on any atom is 0.251 e. The van der Waals surface area contributed by atoms with Gasteiger partial charge < -0.3 is 19.8 Å². The zero-order chi connectivity index (χ0) is 20.9. The van der Waals surface area contributed by atoms with Gasteiger partial charge in [-0.15, -0.1) is 0 Å². The molecule has 6 rings (SSSR count). The molecule has 2 N–H and O–H groups in total. The molecule has 30 heavy (non-hydrogen) atoms. The summed E-state index contributed by atoms with van der Waals surface area (Å²) < 4.78 is 10.6. The van der Waals surface area contributed by atoms with Crippen LogP contribution >= 0.6 is 11.6 Å². The summed E-state index contributed by atoms with van der Waals surface area (Å²) in [7, 11) is 3.16. The first kappa shape index (κ1) is 19.2. The molecule has 156 valence electrons. The molecule has 2 aromatic carbocycles. The number of H-pyrrole nitrogens is 1. The summed E-state index contributed by atoms with van der Waals surface area (Å²) in [6, 6.07) is 11.0. The number of amides is 1. The Morgan fingerprint density at radius 2 is 1.83 bits per heavy atom. The molecule has 6 nitrogen and oxygen atoms in total. The molecule has 0 saturated heterocycles. The van der Waals surface area contributed by atoms with Crippen LogP contribution in [0.15, 0.2) is 36.4 Å². The fourth-order valence-corrected chi connectivity index (χ4v) is 5.46. The van der Waals surface area contributed by atoms with Crippen molar-refractivity contribution in [2.24, 2.45) is 0 Å². The van der Waals surface area contributed by atoms with Crippen molar-refractivity contribution in [2.75, 3.05) is 14.2 Å². The Hall–Kier alpha value is -2.73. The number of nitrogens with zero attached hydrogens (tertiary/aromatic N) is 1. The second-order valence-corrected chi connectivity index (χ2v) is 9.01. The van der Waals surface area contributed by atoms with Crippen LogP contribution in [0.2, 0.25) is 5.02 Å². The average molecular weight is 426 g/mol. The molecule has 0 spiro atoms. The molecule has 0 unspecified atom stereocenters. The quantitative estimate of drug-likeness (QED) is 0.625. The Bertz CT molecular complexity index is 1110. The molecular formula is C23H24ClN3O3. The van der Waals surface area contributed by atoms with E-state index in [1.807, 2.05) is 18.2 Å². The molecule has 2 bridgehead atoms. The van der Waals surface area contributed by atoms with E-state index in [4.69, 9.17) is 26.1 Å². The van der Waals surface area contributed by atoms with Crippen molar-refractivity contribution in [3.05, 3.63) is 52.8 Å². The lowest BCUT2D eigenvalue weighted by molar-refractivity contribution is 0.00532. The van der Waals surface area contributed by atoms with Gasteiger partial charge in [-0.2, -0.15) is 0 Å². The molecular weight excluding hydrogens is 402 g/mol. The minimum Gasteiger partial charge on any atom is -0.497 e. The molecule has 7 heteroatoms. The minimum absolute atomic E-state index is 0.0108. The molecule has 0 radical (unpaired) electrons. The van der Waals surface area contributed by atoms with E-state index in [0.717, 1.165) is 49.0 Å². The van der Waals surface area contributed by atoms with Gasteiger partial charge in [-0.3, -0.25) is 4.79 Å². The molecule has 3 aromatic rings. The largest absolute Gasteiger partial charge is 0.497 e. The van der Waals surface area contributed by atoms with Crippen molar-refractivity contribution in [2.45, 2.75) is 43.1 Å². The first-order valence-corrected chi connectivity index (χ1v) is 10.5. The molecule has 3 aliphatic rings. The van der Waals surface area contributed by atoms with Gasteiger partial charge in [-0.25, -0.2) is 4.98 Å². The maximum atomic E-state index is 13.0. The van der Waals surface area contributed by atoms with Crippen LogP contribution in [0.3, 0.4) is 0 Å². The molecule has 1 aromatic heterocycles. The van der Waals surface area contributed by atoms with Crippen LogP contribution in [0.5, 0.6) is 11.5 Å². The maximum absolute atomic E-state index is 13.0. The molecule has 3 saturated carbocycles. The van der Waals surface area contributed by atoms with E-state index >= 15 is 0 Å². The number of methoxy groups -OCH3 is 2. The van der Waals surface area contributed by atoms with Crippen LogP contribution in [0.1, 0.15) is 48.3 Å². The fraction of sp³-hybridized carbons (Fsp3) is 0.391. The van der Waals surface area contributed by atoms with E-state index in [9.17, 15) is 4.79 Å².